The molecular formula is C17H17ClO2. The third-order valence-electron chi connectivity index (χ3n) is 3.10. The average molecular weight is 289 g/mol. The Morgan fingerprint density at radius 3 is 2.60 bits per heavy atom. The molecule has 0 radical (unpaired) electrons. The first kappa shape index (κ1) is 14.6. The van der Waals surface area contributed by atoms with Crippen molar-refractivity contribution in [3.63, 3.8) is 0 Å². The van der Waals surface area contributed by atoms with E-state index in [1.54, 1.807) is 12.1 Å². The third-order valence-corrected chi connectivity index (χ3v) is 3.33. The van der Waals surface area contributed by atoms with Gasteiger partial charge in [0.15, 0.2) is 0 Å². The second-order valence-electron chi connectivity index (χ2n) is 4.60. The van der Waals surface area contributed by atoms with Crippen molar-refractivity contribution in [1.29, 1.82) is 0 Å². The highest BCUT2D eigenvalue weighted by atomic mass is 35.5. The highest BCUT2D eigenvalue weighted by molar-refractivity contribution is 6.30. The van der Waals surface area contributed by atoms with E-state index in [1.165, 1.54) is 0 Å². The van der Waals surface area contributed by atoms with Crippen molar-refractivity contribution in [3.8, 4) is 5.75 Å². The second kappa shape index (κ2) is 7.11. The fourth-order valence-electron chi connectivity index (χ4n) is 2.14. The highest BCUT2D eigenvalue weighted by Gasteiger charge is 2.17. The third kappa shape index (κ3) is 3.61. The molecule has 0 bridgehead atoms. The molecule has 0 N–H and O–H groups in total. The molecule has 0 aliphatic rings. The quantitative estimate of drug-likeness (QED) is 0.693. The summed E-state index contributed by atoms with van der Waals surface area (Å²) in [6.45, 7) is 2.09. The SMILES string of the molecule is CCCC(Oc1ccccc1)c1cc(Cl)ccc1C=O. The number of carbonyl (C=O) groups is 1. The van der Waals surface area contributed by atoms with Gasteiger partial charge in [0.25, 0.3) is 0 Å². The van der Waals surface area contributed by atoms with Crippen molar-refractivity contribution in [2.75, 3.05) is 0 Å². The van der Waals surface area contributed by atoms with Crippen LogP contribution in [0.3, 0.4) is 0 Å². The normalized spacial score (nSPS) is 11.9. The molecule has 0 spiro atoms. The van der Waals surface area contributed by atoms with Crippen molar-refractivity contribution >= 4 is 17.9 Å². The summed E-state index contributed by atoms with van der Waals surface area (Å²) in [5.41, 5.74) is 1.47. The second-order valence-corrected chi connectivity index (χ2v) is 5.04. The highest BCUT2D eigenvalue weighted by Crippen LogP contribution is 2.29. The Kier molecular flexibility index (Phi) is 5.19. The van der Waals surface area contributed by atoms with Gasteiger partial charge in [-0.15, -0.1) is 0 Å². The van der Waals surface area contributed by atoms with Gasteiger partial charge in [-0.05, 0) is 36.8 Å². The van der Waals surface area contributed by atoms with Gasteiger partial charge >= 0.3 is 0 Å². The van der Waals surface area contributed by atoms with Crippen molar-refractivity contribution < 1.29 is 9.53 Å². The number of benzene rings is 2. The molecule has 104 valence electrons. The Hall–Kier alpha value is -1.80. The number of halogens is 1. The molecule has 1 unspecified atom stereocenters. The zero-order chi connectivity index (χ0) is 14.4. The van der Waals surface area contributed by atoms with Crippen LogP contribution in [0.5, 0.6) is 5.75 Å². The van der Waals surface area contributed by atoms with Gasteiger partial charge in [0.2, 0.25) is 0 Å². The maximum Gasteiger partial charge on any atom is 0.150 e. The van der Waals surface area contributed by atoms with Gasteiger partial charge in [-0.25, -0.2) is 0 Å². The molecule has 0 aliphatic carbocycles. The molecule has 2 rings (SSSR count). The lowest BCUT2D eigenvalue weighted by Crippen LogP contribution is -2.10. The van der Waals surface area contributed by atoms with Crippen LogP contribution in [-0.2, 0) is 0 Å². The summed E-state index contributed by atoms with van der Waals surface area (Å²) in [5.74, 6) is 0.794. The smallest absolute Gasteiger partial charge is 0.150 e. The van der Waals surface area contributed by atoms with Gasteiger partial charge in [-0.1, -0.05) is 43.1 Å². The number of hydrogen-bond donors (Lipinski definition) is 0. The number of ether oxygens (including phenoxy) is 1. The molecule has 0 saturated carbocycles. The van der Waals surface area contributed by atoms with Crippen molar-refractivity contribution in [2.45, 2.75) is 25.9 Å². The van der Waals surface area contributed by atoms with Crippen LogP contribution in [0.4, 0.5) is 0 Å². The molecule has 0 saturated heterocycles. The van der Waals surface area contributed by atoms with Crippen LogP contribution in [0.2, 0.25) is 5.02 Å². The van der Waals surface area contributed by atoms with Crippen molar-refractivity contribution in [2.24, 2.45) is 0 Å². The summed E-state index contributed by atoms with van der Waals surface area (Å²) in [5, 5.41) is 0.614. The summed E-state index contributed by atoms with van der Waals surface area (Å²) >= 11 is 6.05. The number of carbonyl (C=O) groups excluding carboxylic acids is 1. The maximum absolute atomic E-state index is 11.2. The van der Waals surface area contributed by atoms with Crippen molar-refractivity contribution in [1.82, 2.24) is 0 Å². The van der Waals surface area contributed by atoms with Crippen LogP contribution in [-0.4, -0.2) is 6.29 Å². The fourth-order valence-corrected chi connectivity index (χ4v) is 2.32. The Morgan fingerprint density at radius 1 is 1.20 bits per heavy atom. The van der Waals surface area contributed by atoms with Crippen molar-refractivity contribution in [3.05, 3.63) is 64.7 Å². The summed E-state index contributed by atoms with van der Waals surface area (Å²) in [4.78, 5) is 11.2. The standard InChI is InChI=1S/C17H17ClO2/c1-2-6-17(20-15-7-4-3-5-8-15)16-11-14(18)10-9-13(16)12-19/h3-5,7-12,17H,2,6H2,1H3. The number of aldehydes is 1. The van der Waals surface area contributed by atoms with Gasteiger partial charge in [0, 0.05) is 16.1 Å². The van der Waals surface area contributed by atoms with E-state index in [2.05, 4.69) is 6.92 Å². The fraction of sp³-hybridized carbons (Fsp3) is 0.235. The minimum Gasteiger partial charge on any atom is -0.486 e. The molecule has 0 aromatic heterocycles. The molecule has 2 aromatic carbocycles. The van der Waals surface area contributed by atoms with Gasteiger partial charge in [-0.2, -0.15) is 0 Å². The monoisotopic (exact) mass is 288 g/mol. The Bertz CT molecular complexity index is 566. The molecule has 2 nitrogen and oxygen atoms in total. The Labute approximate surface area is 124 Å². The van der Waals surface area contributed by atoms with E-state index in [-0.39, 0.29) is 6.10 Å². The van der Waals surface area contributed by atoms with E-state index in [1.807, 2.05) is 36.4 Å². The Balaban J connectivity index is 2.33. The van der Waals surface area contributed by atoms with E-state index in [0.29, 0.717) is 10.6 Å². The van der Waals surface area contributed by atoms with E-state index in [4.69, 9.17) is 16.3 Å². The van der Waals surface area contributed by atoms with E-state index in [0.717, 1.165) is 30.4 Å². The molecule has 20 heavy (non-hydrogen) atoms. The van der Waals surface area contributed by atoms with Crippen LogP contribution in [0, 0.1) is 0 Å². The van der Waals surface area contributed by atoms with Gasteiger partial charge < -0.3 is 4.74 Å². The van der Waals surface area contributed by atoms with Crippen LogP contribution in [0.25, 0.3) is 0 Å². The Morgan fingerprint density at radius 2 is 1.95 bits per heavy atom. The first-order valence-electron chi connectivity index (χ1n) is 6.71. The van der Waals surface area contributed by atoms with Crippen LogP contribution in [0.15, 0.2) is 48.5 Å². The van der Waals surface area contributed by atoms with Gasteiger partial charge in [-0.3, -0.25) is 4.79 Å². The molecule has 3 heteroatoms. The summed E-state index contributed by atoms with van der Waals surface area (Å²) in [6.07, 6.45) is 2.47. The minimum absolute atomic E-state index is 0.165. The van der Waals surface area contributed by atoms with E-state index >= 15 is 0 Å². The first-order valence-corrected chi connectivity index (χ1v) is 7.08. The summed E-state index contributed by atoms with van der Waals surface area (Å²) in [7, 11) is 0. The predicted octanol–water partition coefficient (Wildman–Crippen LogP) is 5.07. The molecule has 0 amide bonds. The van der Waals surface area contributed by atoms with Crippen LogP contribution >= 0.6 is 11.6 Å². The average Bonchev–Trinajstić information content (AvgIpc) is 2.48. The molecule has 2 aromatic rings. The lowest BCUT2D eigenvalue weighted by Gasteiger charge is -2.20. The number of para-hydroxylation sites is 1. The molecule has 1 atom stereocenters. The van der Waals surface area contributed by atoms with E-state index < -0.39 is 0 Å². The topological polar surface area (TPSA) is 26.3 Å². The van der Waals surface area contributed by atoms with E-state index in [9.17, 15) is 4.79 Å². The summed E-state index contributed by atoms with van der Waals surface area (Å²) in [6, 6.07) is 14.9. The van der Waals surface area contributed by atoms with Gasteiger partial charge in [0.05, 0.1) is 0 Å². The molecule has 0 aliphatic heterocycles. The number of rotatable bonds is 6. The van der Waals surface area contributed by atoms with Gasteiger partial charge in [0.1, 0.15) is 18.1 Å². The zero-order valence-electron chi connectivity index (χ0n) is 11.4. The summed E-state index contributed by atoms with van der Waals surface area (Å²) < 4.78 is 6.02. The maximum atomic E-state index is 11.2. The zero-order valence-corrected chi connectivity index (χ0v) is 12.1. The largest absolute Gasteiger partial charge is 0.486 e. The van der Waals surface area contributed by atoms with Crippen LogP contribution in [0.1, 0.15) is 41.8 Å². The molecule has 0 fully saturated rings. The molecular weight excluding hydrogens is 272 g/mol. The predicted molar refractivity (Wildman–Crippen MR) is 81.6 cm³/mol. The lowest BCUT2D eigenvalue weighted by molar-refractivity contribution is 0.111. The molecule has 0 heterocycles. The van der Waals surface area contributed by atoms with Crippen LogP contribution < -0.4 is 4.74 Å². The first-order chi connectivity index (χ1) is 9.74. The lowest BCUT2D eigenvalue weighted by atomic mass is 9.99. The minimum atomic E-state index is -0.165. The number of hydrogen-bond acceptors (Lipinski definition) is 2.